The molecule has 0 aliphatic carbocycles. The molecule has 0 fully saturated rings. The zero-order valence-corrected chi connectivity index (χ0v) is 12.6. The van der Waals surface area contributed by atoms with Gasteiger partial charge in [0.05, 0.1) is 0 Å². The van der Waals surface area contributed by atoms with Gasteiger partial charge in [-0.15, -0.1) is 0 Å². The van der Waals surface area contributed by atoms with Gasteiger partial charge >= 0.3 is 121 Å². The predicted octanol–water partition coefficient (Wildman–Crippen LogP) is 3.43. The molecular weight excluding hydrogens is 303 g/mol. The molecule has 2 aromatic rings. The molecule has 3 nitrogen and oxygen atoms in total. The summed E-state index contributed by atoms with van der Waals surface area (Å²) in [5.41, 5.74) is 3.75. The van der Waals surface area contributed by atoms with Crippen molar-refractivity contribution in [3.05, 3.63) is 59.7 Å². The Balaban J connectivity index is 2.17. The van der Waals surface area contributed by atoms with Crippen molar-refractivity contribution < 1.29 is 4.79 Å². The van der Waals surface area contributed by atoms with Gasteiger partial charge in [-0.2, -0.15) is 0 Å². The van der Waals surface area contributed by atoms with Crippen LogP contribution in [0.3, 0.4) is 0 Å². The van der Waals surface area contributed by atoms with E-state index < -0.39 is 0 Å². The Morgan fingerprint density at radius 1 is 1.00 bits per heavy atom. The molecule has 0 saturated heterocycles. The maximum atomic E-state index is 12.2. The Bertz CT molecular complexity index is 598. The summed E-state index contributed by atoms with van der Waals surface area (Å²) in [4.78, 5) is 12.2. The summed E-state index contributed by atoms with van der Waals surface area (Å²) in [5, 5.41) is 2.89. The third kappa shape index (κ3) is 3.16. The summed E-state index contributed by atoms with van der Waals surface area (Å²) in [7, 11) is 0. The SMILES string of the molecule is Cc1ccccc1NC(=O)N([Se])c1ccccc1C. The molecule has 0 aromatic heterocycles. The zero-order chi connectivity index (χ0) is 13.8. The molecule has 0 bridgehead atoms. The van der Waals surface area contributed by atoms with Gasteiger partial charge in [-0.3, -0.25) is 0 Å². The molecule has 0 heterocycles. The van der Waals surface area contributed by atoms with Crippen molar-refractivity contribution in [2.24, 2.45) is 0 Å². The van der Waals surface area contributed by atoms with E-state index in [0.29, 0.717) is 0 Å². The first-order valence-corrected chi connectivity index (χ1v) is 6.75. The molecule has 2 amide bonds. The van der Waals surface area contributed by atoms with Crippen LogP contribution in [-0.4, -0.2) is 22.3 Å². The molecule has 2 rings (SSSR count). The third-order valence-electron chi connectivity index (χ3n) is 2.91. The Hall–Kier alpha value is -1.77. The van der Waals surface area contributed by atoms with E-state index in [4.69, 9.17) is 0 Å². The van der Waals surface area contributed by atoms with Gasteiger partial charge in [0.2, 0.25) is 0 Å². The number of hydrogen-bond acceptors (Lipinski definition) is 1. The van der Waals surface area contributed by atoms with Crippen molar-refractivity contribution in [3.63, 3.8) is 0 Å². The summed E-state index contributed by atoms with van der Waals surface area (Å²) in [6.07, 6.45) is 0. The fourth-order valence-electron chi connectivity index (χ4n) is 1.78. The number of aryl methyl sites for hydroxylation is 2. The second-order valence-corrected chi connectivity index (χ2v) is 5.09. The van der Waals surface area contributed by atoms with Crippen molar-refractivity contribution >= 4 is 33.6 Å². The van der Waals surface area contributed by atoms with E-state index in [1.165, 1.54) is 3.92 Å². The van der Waals surface area contributed by atoms with Crippen molar-refractivity contribution in [2.75, 3.05) is 9.23 Å². The van der Waals surface area contributed by atoms with Crippen LogP contribution in [0, 0.1) is 13.8 Å². The fourth-order valence-corrected chi connectivity index (χ4v) is 2.31. The molecule has 0 spiro atoms. The molecule has 0 atom stereocenters. The van der Waals surface area contributed by atoms with E-state index in [9.17, 15) is 4.79 Å². The van der Waals surface area contributed by atoms with Gasteiger partial charge in [-0.25, -0.2) is 0 Å². The number of amides is 2. The van der Waals surface area contributed by atoms with Crippen molar-refractivity contribution in [1.82, 2.24) is 0 Å². The van der Waals surface area contributed by atoms with Gasteiger partial charge in [0.25, 0.3) is 0 Å². The first-order chi connectivity index (χ1) is 9.09. The summed E-state index contributed by atoms with van der Waals surface area (Å²) >= 11 is 2.79. The van der Waals surface area contributed by atoms with Crippen molar-refractivity contribution in [2.45, 2.75) is 13.8 Å². The number of carbonyl (C=O) groups excluding carboxylic acids is 1. The number of para-hydroxylation sites is 2. The molecule has 1 N–H and O–H groups in total. The normalized spacial score (nSPS) is 10.1. The quantitative estimate of drug-likeness (QED) is 0.846. The molecule has 19 heavy (non-hydrogen) atoms. The van der Waals surface area contributed by atoms with E-state index in [1.54, 1.807) is 0 Å². The number of nitrogens with zero attached hydrogens (tertiary/aromatic N) is 1. The maximum absolute atomic E-state index is 12.2. The van der Waals surface area contributed by atoms with Gasteiger partial charge in [0.15, 0.2) is 0 Å². The molecule has 0 aliphatic heterocycles. The van der Waals surface area contributed by atoms with Crippen molar-refractivity contribution in [3.8, 4) is 0 Å². The van der Waals surface area contributed by atoms with Gasteiger partial charge in [-0.05, 0) is 0 Å². The average molecular weight is 318 g/mol. The Kier molecular flexibility index (Phi) is 4.25. The summed E-state index contributed by atoms with van der Waals surface area (Å²) in [6, 6.07) is 15.3. The van der Waals surface area contributed by atoms with Gasteiger partial charge in [-0.1, -0.05) is 0 Å². The van der Waals surface area contributed by atoms with Crippen molar-refractivity contribution in [1.29, 1.82) is 0 Å². The van der Waals surface area contributed by atoms with Crippen LogP contribution >= 0.6 is 0 Å². The Morgan fingerprint density at radius 3 is 2.21 bits per heavy atom. The van der Waals surface area contributed by atoms with Crippen LogP contribution in [0.2, 0.25) is 0 Å². The summed E-state index contributed by atoms with van der Waals surface area (Å²) in [5.74, 6) is 0. The first kappa shape index (κ1) is 13.7. The van der Waals surface area contributed by atoms with Crippen LogP contribution in [0.25, 0.3) is 0 Å². The van der Waals surface area contributed by atoms with E-state index >= 15 is 0 Å². The first-order valence-electron chi connectivity index (χ1n) is 5.99. The van der Waals surface area contributed by atoms with E-state index in [1.807, 2.05) is 62.4 Å². The number of urea groups is 1. The fraction of sp³-hybridized carbons (Fsp3) is 0.133. The number of hydrogen-bond donors (Lipinski definition) is 1. The standard InChI is InChI=1S/C15H15N2OSe/c1-11-7-3-5-9-13(11)16-15(18)17(19)14-10-6-4-8-12(14)2/h3-10H,1-2H3,(H,16,18). The van der Waals surface area contributed by atoms with Gasteiger partial charge in [0.1, 0.15) is 0 Å². The molecular formula is C15H15N2OSe. The van der Waals surface area contributed by atoms with Crippen LogP contribution in [0.1, 0.15) is 11.1 Å². The minimum absolute atomic E-state index is 0.191. The second kappa shape index (κ2) is 5.91. The van der Waals surface area contributed by atoms with Crippen LogP contribution in [0.5, 0.6) is 0 Å². The molecule has 2 aromatic carbocycles. The van der Waals surface area contributed by atoms with E-state index in [0.717, 1.165) is 22.5 Å². The van der Waals surface area contributed by atoms with Crippen LogP contribution in [0.15, 0.2) is 48.5 Å². The van der Waals surface area contributed by atoms with Gasteiger partial charge < -0.3 is 0 Å². The van der Waals surface area contributed by atoms with E-state index in [-0.39, 0.29) is 6.03 Å². The third-order valence-corrected chi connectivity index (χ3v) is 3.67. The number of nitrogens with one attached hydrogen (secondary N) is 1. The number of carbonyl (C=O) groups is 1. The minimum atomic E-state index is -0.191. The monoisotopic (exact) mass is 319 g/mol. The van der Waals surface area contributed by atoms with Crippen LogP contribution in [-0.2, 0) is 0 Å². The molecule has 0 saturated carbocycles. The molecule has 1 radical (unpaired) electrons. The molecule has 4 heteroatoms. The van der Waals surface area contributed by atoms with E-state index in [2.05, 4.69) is 21.5 Å². The predicted molar refractivity (Wildman–Crippen MR) is 79.6 cm³/mol. The van der Waals surface area contributed by atoms with Gasteiger partial charge in [0, 0.05) is 0 Å². The van der Waals surface area contributed by atoms with Crippen LogP contribution < -0.4 is 9.23 Å². The molecule has 0 unspecified atom stereocenters. The Morgan fingerprint density at radius 2 is 1.58 bits per heavy atom. The number of rotatable bonds is 2. The summed E-state index contributed by atoms with van der Waals surface area (Å²) < 4.78 is 1.50. The Labute approximate surface area is 121 Å². The average Bonchev–Trinajstić information content (AvgIpc) is 2.41. The number of anilines is 2. The molecule has 0 aliphatic rings. The second-order valence-electron chi connectivity index (χ2n) is 4.33. The summed E-state index contributed by atoms with van der Waals surface area (Å²) in [6.45, 7) is 3.94. The topological polar surface area (TPSA) is 32.3 Å². The zero-order valence-electron chi connectivity index (χ0n) is 10.9. The van der Waals surface area contributed by atoms with Crippen LogP contribution in [0.4, 0.5) is 16.2 Å². The molecule has 97 valence electrons. The number of benzene rings is 2.